The molecule has 0 spiro atoms. The Hall–Kier alpha value is -2.37. The summed E-state index contributed by atoms with van der Waals surface area (Å²) in [6.07, 6.45) is -2.59. The third-order valence-electron chi connectivity index (χ3n) is 3.49. The van der Waals surface area contributed by atoms with Gasteiger partial charge in [-0.2, -0.15) is 13.2 Å². The predicted molar refractivity (Wildman–Crippen MR) is 81.9 cm³/mol. The van der Waals surface area contributed by atoms with Gasteiger partial charge in [-0.1, -0.05) is 31.2 Å². The molecule has 1 aromatic carbocycles. The third-order valence-corrected chi connectivity index (χ3v) is 3.49. The van der Waals surface area contributed by atoms with E-state index in [1.807, 2.05) is 13.0 Å². The number of alkyl halides is 3. The van der Waals surface area contributed by atoms with E-state index >= 15 is 0 Å². The number of aryl methyl sites for hydroxylation is 1. The molecule has 0 saturated carbocycles. The van der Waals surface area contributed by atoms with Crippen LogP contribution in [0.25, 0.3) is 0 Å². The van der Waals surface area contributed by atoms with Crippen molar-refractivity contribution in [2.45, 2.75) is 26.4 Å². The summed E-state index contributed by atoms with van der Waals surface area (Å²) in [6.45, 7) is 3.49. The average Bonchev–Trinajstić information content (AvgIpc) is 2.49. The lowest BCUT2D eigenvalue weighted by molar-refractivity contribution is -0.137. The van der Waals surface area contributed by atoms with E-state index in [0.29, 0.717) is 11.4 Å². The fraction of sp³-hybridized carbons (Fsp3) is 0.294. The van der Waals surface area contributed by atoms with Gasteiger partial charge in [0, 0.05) is 12.1 Å². The SMILES string of the molecule is Cc1cccnc1NC(=O)C(C)Cc1cccc(C(F)(F)F)c1. The maximum absolute atomic E-state index is 12.7. The summed E-state index contributed by atoms with van der Waals surface area (Å²) in [6, 6.07) is 8.62. The molecule has 23 heavy (non-hydrogen) atoms. The Morgan fingerprint density at radius 2 is 2.00 bits per heavy atom. The Morgan fingerprint density at radius 1 is 1.26 bits per heavy atom. The van der Waals surface area contributed by atoms with Crippen molar-refractivity contribution < 1.29 is 18.0 Å². The first-order valence-corrected chi connectivity index (χ1v) is 7.16. The van der Waals surface area contributed by atoms with E-state index in [1.165, 1.54) is 6.07 Å². The second-order valence-electron chi connectivity index (χ2n) is 5.46. The van der Waals surface area contributed by atoms with Gasteiger partial charge in [-0.3, -0.25) is 4.79 Å². The molecule has 0 bridgehead atoms. The molecule has 1 aromatic heterocycles. The molecule has 1 atom stereocenters. The van der Waals surface area contributed by atoms with E-state index in [-0.39, 0.29) is 12.3 Å². The molecule has 3 nitrogen and oxygen atoms in total. The largest absolute Gasteiger partial charge is 0.416 e. The second-order valence-corrected chi connectivity index (χ2v) is 5.46. The molecule has 122 valence electrons. The van der Waals surface area contributed by atoms with Gasteiger partial charge in [0.15, 0.2) is 0 Å². The zero-order valence-electron chi connectivity index (χ0n) is 12.8. The number of pyridine rings is 1. The van der Waals surface area contributed by atoms with Gasteiger partial charge in [-0.05, 0) is 36.6 Å². The van der Waals surface area contributed by atoms with Crippen LogP contribution in [0.4, 0.5) is 19.0 Å². The predicted octanol–water partition coefficient (Wildman–Crippen LogP) is 4.23. The van der Waals surface area contributed by atoms with Crippen molar-refractivity contribution in [2.75, 3.05) is 5.32 Å². The van der Waals surface area contributed by atoms with Crippen LogP contribution in [0.1, 0.15) is 23.6 Å². The molecule has 0 fully saturated rings. The van der Waals surface area contributed by atoms with E-state index in [2.05, 4.69) is 10.3 Å². The summed E-state index contributed by atoms with van der Waals surface area (Å²) < 4.78 is 38.1. The smallest absolute Gasteiger partial charge is 0.310 e. The van der Waals surface area contributed by atoms with Crippen molar-refractivity contribution in [2.24, 2.45) is 5.92 Å². The number of amides is 1. The maximum Gasteiger partial charge on any atom is 0.416 e. The number of halogens is 3. The highest BCUT2D eigenvalue weighted by molar-refractivity contribution is 5.92. The number of anilines is 1. The van der Waals surface area contributed by atoms with Crippen molar-refractivity contribution in [3.8, 4) is 0 Å². The third kappa shape index (κ3) is 4.55. The fourth-order valence-electron chi connectivity index (χ4n) is 2.18. The summed E-state index contributed by atoms with van der Waals surface area (Å²) >= 11 is 0. The number of aromatic nitrogens is 1. The van der Waals surface area contributed by atoms with E-state index in [1.54, 1.807) is 25.3 Å². The summed E-state index contributed by atoms with van der Waals surface area (Å²) in [5.41, 5.74) is 0.593. The van der Waals surface area contributed by atoms with Crippen LogP contribution < -0.4 is 5.32 Å². The standard InChI is InChI=1S/C17H17F3N2O/c1-11-5-4-8-21-15(11)22-16(23)12(2)9-13-6-3-7-14(10-13)17(18,19)20/h3-8,10,12H,9H2,1-2H3,(H,21,22,23). The molecule has 2 aromatic rings. The molecular weight excluding hydrogens is 305 g/mol. The van der Waals surface area contributed by atoms with Crippen molar-refractivity contribution in [1.82, 2.24) is 4.98 Å². The van der Waals surface area contributed by atoms with E-state index < -0.39 is 17.7 Å². The lowest BCUT2D eigenvalue weighted by Crippen LogP contribution is -2.23. The van der Waals surface area contributed by atoms with E-state index in [9.17, 15) is 18.0 Å². The topological polar surface area (TPSA) is 42.0 Å². The Kier molecular flexibility index (Phi) is 5.03. The summed E-state index contributed by atoms with van der Waals surface area (Å²) in [5.74, 6) is -0.280. The van der Waals surface area contributed by atoms with Gasteiger partial charge in [0.25, 0.3) is 0 Å². The Labute approximate surface area is 132 Å². The Morgan fingerprint density at radius 3 is 2.65 bits per heavy atom. The van der Waals surface area contributed by atoms with Crippen molar-refractivity contribution in [3.63, 3.8) is 0 Å². The van der Waals surface area contributed by atoms with Crippen LogP contribution in [0, 0.1) is 12.8 Å². The molecule has 1 amide bonds. The zero-order chi connectivity index (χ0) is 17.0. The molecule has 2 rings (SSSR count). The van der Waals surface area contributed by atoms with E-state index in [4.69, 9.17) is 0 Å². The summed E-state index contributed by atoms with van der Waals surface area (Å²) in [4.78, 5) is 16.3. The molecule has 0 aliphatic heterocycles. The minimum Gasteiger partial charge on any atom is -0.310 e. The zero-order valence-corrected chi connectivity index (χ0v) is 12.8. The quantitative estimate of drug-likeness (QED) is 0.915. The molecule has 0 saturated heterocycles. The van der Waals surface area contributed by atoms with Gasteiger partial charge in [-0.15, -0.1) is 0 Å². The number of nitrogens with one attached hydrogen (secondary N) is 1. The van der Waals surface area contributed by atoms with E-state index in [0.717, 1.165) is 17.7 Å². The van der Waals surface area contributed by atoms with Gasteiger partial charge in [-0.25, -0.2) is 4.98 Å². The number of carbonyl (C=O) groups excluding carboxylic acids is 1. The number of benzene rings is 1. The lowest BCUT2D eigenvalue weighted by atomic mass is 9.98. The maximum atomic E-state index is 12.7. The van der Waals surface area contributed by atoms with Gasteiger partial charge in [0.1, 0.15) is 5.82 Å². The van der Waals surface area contributed by atoms with Crippen LogP contribution in [0.2, 0.25) is 0 Å². The summed E-state index contributed by atoms with van der Waals surface area (Å²) in [7, 11) is 0. The molecule has 6 heteroatoms. The molecule has 1 heterocycles. The van der Waals surface area contributed by atoms with Crippen LogP contribution >= 0.6 is 0 Å². The summed E-state index contributed by atoms with van der Waals surface area (Å²) in [5, 5.41) is 2.70. The minimum absolute atomic E-state index is 0.224. The Bertz CT molecular complexity index is 698. The number of hydrogen-bond donors (Lipinski definition) is 1. The van der Waals surface area contributed by atoms with Crippen molar-refractivity contribution >= 4 is 11.7 Å². The van der Waals surface area contributed by atoms with Gasteiger partial charge in [0.05, 0.1) is 5.56 Å². The van der Waals surface area contributed by atoms with Gasteiger partial charge >= 0.3 is 6.18 Å². The van der Waals surface area contributed by atoms with Crippen LogP contribution in [0.15, 0.2) is 42.6 Å². The van der Waals surface area contributed by atoms with Crippen LogP contribution in [0.5, 0.6) is 0 Å². The normalized spacial score (nSPS) is 12.7. The van der Waals surface area contributed by atoms with Crippen LogP contribution in [-0.4, -0.2) is 10.9 Å². The first-order chi connectivity index (χ1) is 10.8. The number of hydrogen-bond acceptors (Lipinski definition) is 2. The highest BCUT2D eigenvalue weighted by atomic mass is 19.4. The minimum atomic E-state index is -4.38. The Balaban J connectivity index is 2.05. The molecule has 1 unspecified atom stereocenters. The highest BCUT2D eigenvalue weighted by Gasteiger charge is 2.30. The monoisotopic (exact) mass is 322 g/mol. The molecular formula is C17H17F3N2O. The van der Waals surface area contributed by atoms with Gasteiger partial charge in [0.2, 0.25) is 5.91 Å². The highest BCUT2D eigenvalue weighted by Crippen LogP contribution is 2.30. The van der Waals surface area contributed by atoms with Gasteiger partial charge < -0.3 is 5.32 Å². The molecule has 1 N–H and O–H groups in total. The van der Waals surface area contributed by atoms with Crippen molar-refractivity contribution in [1.29, 1.82) is 0 Å². The molecule has 0 aliphatic carbocycles. The fourth-order valence-corrected chi connectivity index (χ4v) is 2.18. The second kappa shape index (κ2) is 6.81. The van der Waals surface area contributed by atoms with Crippen LogP contribution in [0.3, 0.4) is 0 Å². The lowest BCUT2D eigenvalue weighted by Gasteiger charge is -2.14. The number of rotatable bonds is 4. The average molecular weight is 322 g/mol. The van der Waals surface area contributed by atoms with Crippen molar-refractivity contribution in [3.05, 3.63) is 59.3 Å². The number of nitrogens with zero attached hydrogens (tertiary/aromatic N) is 1. The molecule has 0 radical (unpaired) electrons. The number of carbonyl (C=O) groups is 1. The first-order valence-electron chi connectivity index (χ1n) is 7.16. The van der Waals surface area contributed by atoms with Crippen LogP contribution in [-0.2, 0) is 17.4 Å². The first kappa shape index (κ1) is 17.0. The molecule has 0 aliphatic rings.